The van der Waals surface area contributed by atoms with Crippen molar-refractivity contribution in [2.24, 2.45) is 0 Å². The molecule has 2 fully saturated rings. The van der Waals surface area contributed by atoms with Crippen molar-refractivity contribution >= 4 is 11.9 Å². The first-order chi connectivity index (χ1) is 14.5. The Morgan fingerprint density at radius 2 is 1.57 bits per heavy atom. The third-order valence-corrected chi connectivity index (χ3v) is 5.76. The number of hydrogen-bond donors (Lipinski definition) is 0. The van der Waals surface area contributed by atoms with Gasteiger partial charge in [-0.25, -0.2) is 9.59 Å². The van der Waals surface area contributed by atoms with Crippen LogP contribution in [-0.2, 0) is 19.1 Å². The van der Waals surface area contributed by atoms with Gasteiger partial charge in [-0.2, -0.15) is 0 Å². The lowest BCUT2D eigenvalue weighted by molar-refractivity contribution is -0.142. The molecule has 0 N–H and O–H groups in total. The van der Waals surface area contributed by atoms with E-state index in [9.17, 15) is 9.59 Å². The highest BCUT2D eigenvalue weighted by Crippen LogP contribution is 2.33. The molecule has 2 aliphatic heterocycles. The Bertz CT molecular complexity index is 747. The van der Waals surface area contributed by atoms with Crippen LogP contribution in [0, 0.1) is 0 Å². The van der Waals surface area contributed by atoms with Gasteiger partial charge in [0.2, 0.25) is 0 Å². The zero-order chi connectivity index (χ0) is 21.5. The summed E-state index contributed by atoms with van der Waals surface area (Å²) in [7, 11) is 0. The summed E-state index contributed by atoms with van der Waals surface area (Å²) >= 11 is 0. The van der Waals surface area contributed by atoms with Gasteiger partial charge in [0.1, 0.15) is 24.1 Å². The SMILES string of the molecule is C=C1CC(c2ccc(OC(CCCCCCCC)C3CC(=C)C(=O)O3)cc2)OC1=O. The first-order valence-electron chi connectivity index (χ1n) is 11.0. The summed E-state index contributed by atoms with van der Waals surface area (Å²) < 4.78 is 17.1. The van der Waals surface area contributed by atoms with Crippen molar-refractivity contribution in [3.05, 3.63) is 54.1 Å². The van der Waals surface area contributed by atoms with E-state index in [1.807, 2.05) is 24.3 Å². The topological polar surface area (TPSA) is 61.8 Å². The highest BCUT2D eigenvalue weighted by atomic mass is 16.6. The van der Waals surface area contributed by atoms with Crippen molar-refractivity contribution < 1.29 is 23.8 Å². The summed E-state index contributed by atoms with van der Waals surface area (Å²) in [4.78, 5) is 23.4. The van der Waals surface area contributed by atoms with Crippen LogP contribution in [0.2, 0.25) is 0 Å². The Morgan fingerprint density at radius 1 is 0.933 bits per heavy atom. The molecule has 0 aromatic heterocycles. The molecule has 0 amide bonds. The van der Waals surface area contributed by atoms with Gasteiger partial charge in [0.15, 0.2) is 0 Å². The summed E-state index contributed by atoms with van der Waals surface area (Å²) in [6.07, 6.45) is 8.26. The third-order valence-electron chi connectivity index (χ3n) is 5.76. The molecule has 3 unspecified atom stereocenters. The van der Waals surface area contributed by atoms with Crippen molar-refractivity contribution in [1.29, 1.82) is 0 Å². The van der Waals surface area contributed by atoms with E-state index in [4.69, 9.17) is 14.2 Å². The molecule has 30 heavy (non-hydrogen) atoms. The molecule has 2 heterocycles. The van der Waals surface area contributed by atoms with Gasteiger partial charge in [-0.05, 0) is 30.5 Å². The average molecular weight is 413 g/mol. The van der Waals surface area contributed by atoms with Crippen molar-refractivity contribution in [2.45, 2.75) is 83.0 Å². The number of cyclic esters (lactones) is 2. The van der Waals surface area contributed by atoms with Gasteiger partial charge in [0.25, 0.3) is 0 Å². The van der Waals surface area contributed by atoms with E-state index < -0.39 is 0 Å². The number of esters is 2. The standard InChI is InChI=1S/C25H32O5/c1-4-5-6-7-8-9-10-21(23-16-18(3)25(27)30-23)28-20-13-11-19(12-14-20)22-15-17(2)24(26)29-22/h11-14,21-23H,2-10,15-16H2,1H3. The number of benzene rings is 1. The Morgan fingerprint density at radius 3 is 2.17 bits per heavy atom. The molecule has 0 aliphatic carbocycles. The van der Waals surface area contributed by atoms with Crippen LogP contribution in [0.3, 0.4) is 0 Å². The number of hydrogen-bond acceptors (Lipinski definition) is 5. The molecule has 2 saturated heterocycles. The summed E-state index contributed by atoms with van der Waals surface area (Å²) in [5, 5.41) is 0. The van der Waals surface area contributed by atoms with Crippen LogP contribution >= 0.6 is 0 Å². The van der Waals surface area contributed by atoms with Crippen LogP contribution in [0.15, 0.2) is 48.6 Å². The molecule has 5 heteroatoms. The second-order valence-electron chi connectivity index (χ2n) is 8.23. The molecule has 2 aliphatic rings. The van der Waals surface area contributed by atoms with E-state index in [-0.39, 0.29) is 30.3 Å². The maximum atomic E-state index is 11.8. The number of carbonyl (C=O) groups excluding carboxylic acids is 2. The van der Waals surface area contributed by atoms with E-state index >= 15 is 0 Å². The fraction of sp³-hybridized carbons (Fsp3) is 0.520. The highest BCUT2D eigenvalue weighted by Gasteiger charge is 2.35. The summed E-state index contributed by atoms with van der Waals surface area (Å²) in [6, 6.07) is 7.58. The lowest BCUT2D eigenvalue weighted by atomic mass is 10.0. The van der Waals surface area contributed by atoms with Crippen LogP contribution < -0.4 is 4.74 Å². The quantitative estimate of drug-likeness (QED) is 0.269. The predicted octanol–water partition coefficient (Wildman–Crippen LogP) is 5.60. The van der Waals surface area contributed by atoms with Gasteiger partial charge in [-0.15, -0.1) is 0 Å². The first-order valence-corrected chi connectivity index (χ1v) is 11.0. The molecule has 0 bridgehead atoms. The van der Waals surface area contributed by atoms with Crippen molar-refractivity contribution in [3.8, 4) is 5.75 Å². The van der Waals surface area contributed by atoms with E-state index in [2.05, 4.69) is 20.1 Å². The van der Waals surface area contributed by atoms with Crippen molar-refractivity contribution in [2.75, 3.05) is 0 Å². The van der Waals surface area contributed by atoms with Crippen LogP contribution in [-0.4, -0.2) is 24.1 Å². The van der Waals surface area contributed by atoms with Gasteiger partial charge in [0.05, 0.1) is 0 Å². The van der Waals surface area contributed by atoms with Crippen LogP contribution in [0.1, 0.15) is 76.4 Å². The van der Waals surface area contributed by atoms with Crippen LogP contribution in [0.25, 0.3) is 0 Å². The average Bonchev–Trinajstić information content (AvgIpc) is 3.25. The maximum Gasteiger partial charge on any atom is 0.334 e. The number of ether oxygens (including phenoxy) is 3. The van der Waals surface area contributed by atoms with Crippen LogP contribution in [0.4, 0.5) is 0 Å². The molecule has 1 aromatic rings. The zero-order valence-electron chi connectivity index (χ0n) is 17.9. The monoisotopic (exact) mass is 412 g/mol. The zero-order valence-corrected chi connectivity index (χ0v) is 17.9. The van der Waals surface area contributed by atoms with Crippen molar-refractivity contribution in [3.63, 3.8) is 0 Å². The van der Waals surface area contributed by atoms with E-state index in [1.165, 1.54) is 25.7 Å². The number of carbonyl (C=O) groups is 2. The van der Waals surface area contributed by atoms with Gasteiger partial charge >= 0.3 is 11.9 Å². The summed E-state index contributed by atoms with van der Waals surface area (Å²) in [5.74, 6) is 0.0595. The van der Waals surface area contributed by atoms with Gasteiger partial charge in [-0.1, -0.05) is 64.3 Å². The van der Waals surface area contributed by atoms with Crippen molar-refractivity contribution in [1.82, 2.24) is 0 Å². The summed E-state index contributed by atoms with van der Waals surface area (Å²) in [6.45, 7) is 9.73. The smallest absolute Gasteiger partial charge is 0.334 e. The highest BCUT2D eigenvalue weighted by molar-refractivity contribution is 5.90. The molecule has 0 saturated carbocycles. The van der Waals surface area contributed by atoms with Gasteiger partial charge < -0.3 is 14.2 Å². The minimum Gasteiger partial charge on any atom is -0.487 e. The van der Waals surface area contributed by atoms with Gasteiger partial charge in [0, 0.05) is 24.0 Å². The minimum atomic E-state index is -0.331. The largest absolute Gasteiger partial charge is 0.487 e. The Balaban J connectivity index is 1.59. The second kappa shape index (κ2) is 10.5. The third kappa shape index (κ3) is 5.74. The molecular weight excluding hydrogens is 380 g/mol. The summed E-state index contributed by atoms with van der Waals surface area (Å²) in [5.41, 5.74) is 1.93. The van der Waals surface area contributed by atoms with Gasteiger partial charge in [-0.3, -0.25) is 0 Å². The molecule has 0 radical (unpaired) electrons. The molecule has 3 rings (SSSR count). The lowest BCUT2D eigenvalue weighted by Gasteiger charge is -2.24. The molecular formula is C25H32O5. The van der Waals surface area contributed by atoms with E-state index in [0.717, 1.165) is 24.8 Å². The Kier molecular flexibility index (Phi) is 7.72. The van der Waals surface area contributed by atoms with E-state index in [1.54, 1.807) is 0 Å². The predicted molar refractivity (Wildman–Crippen MR) is 115 cm³/mol. The second-order valence-corrected chi connectivity index (χ2v) is 8.23. The minimum absolute atomic E-state index is 0.200. The lowest BCUT2D eigenvalue weighted by Crippen LogP contribution is -2.31. The van der Waals surface area contributed by atoms with E-state index in [0.29, 0.717) is 29.7 Å². The number of rotatable bonds is 11. The Labute approximate surface area is 179 Å². The number of unbranched alkanes of at least 4 members (excludes halogenated alkanes) is 5. The molecule has 5 nitrogen and oxygen atoms in total. The Hall–Kier alpha value is -2.56. The fourth-order valence-electron chi connectivity index (χ4n) is 3.93. The molecule has 162 valence electrons. The normalized spacial score (nSPS) is 22.2. The molecule has 0 spiro atoms. The fourth-order valence-corrected chi connectivity index (χ4v) is 3.93. The molecule has 1 aromatic carbocycles. The first kappa shape index (κ1) is 22.1. The van der Waals surface area contributed by atoms with Crippen LogP contribution in [0.5, 0.6) is 5.75 Å². The molecule has 3 atom stereocenters. The maximum absolute atomic E-state index is 11.8.